The Hall–Kier alpha value is -3.06. The number of methoxy groups -OCH3 is 2. The number of nitrogens with zero attached hydrogens (tertiary/aromatic N) is 2. The predicted octanol–water partition coefficient (Wildman–Crippen LogP) is 5.18. The van der Waals surface area contributed by atoms with Crippen molar-refractivity contribution in [3.8, 4) is 17.2 Å². The Labute approximate surface area is 187 Å². The zero-order valence-electron chi connectivity index (χ0n) is 18.3. The summed E-state index contributed by atoms with van der Waals surface area (Å²) in [6.07, 6.45) is 0.857. The molecule has 164 valence electrons. The number of hydrogen-bond acceptors (Lipinski definition) is 6. The van der Waals surface area contributed by atoms with Crippen LogP contribution >= 0.6 is 11.3 Å². The number of carbonyl (C=O) groups excluding carboxylic acids is 1. The van der Waals surface area contributed by atoms with Crippen molar-refractivity contribution in [3.63, 3.8) is 0 Å². The highest BCUT2D eigenvalue weighted by molar-refractivity contribution is 7.09. The van der Waals surface area contributed by atoms with Crippen LogP contribution in [0.3, 0.4) is 0 Å². The van der Waals surface area contributed by atoms with E-state index in [1.54, 1.807) is 38.5 Å². The molecule has 3 rings (SSSR count). The Balaban J connectivity index is 1.69. The van der Waals surface area contributed by atoms with Crippen LogP contribution in [0, 0.1) is 0 Å². The summed E-state index contributed by atoms with van der Waals surface area (Å²) in [6.45, 7) is 4.93. The summed E-state index contributed by atoms with van der Waals surface area (Å²) in [5.41, 5.74) is 1.49. The van der Waals surface area contributed by atoms with Gasteiger partial charge in [0.2, 0.25) is 0 Å². The van der Waals surface area contributed by atoms with Crippen molar-refractivity contribution in [1.29, 1.82) is 0 Å². The molecule has 31 heavy (non-hydrogen) atoms. The van der Waals surface area contributed by atoms with Gasteiger partial charge in [-0.15, -0.1) is 11.3 Å². The molecule has 2 aromatic carbocycles. The van der Waals surface area contributed by atoms with Crippen LogP contribution in [0.25, 0.3) is 0 Å². The summed E-state index contributed by atoms with van der Waals surface area (Å²) in [4.78, 5) is 19.7. The molecule has 0 N–H and O–H groups in total. The average molecular weight is 441 g/mol. The van der Waals surface area contributed by atoms with E-state index >= 15 is 0 Å². The molecule has 1 heterocycles. The quantitative estimate of drug-likeness (QED) is 0.435. The Kier molecular flexibility index (Phi) is 7.89. The minimum atomic E-state index is -0.0168. The molecular formula is C24H28N2O4S. The van der Waals surface area contributed by atoms with E-state index < -0.39 is 0 Å². The van der Waals surface area contributed by atoms with E-state index in [9.17, 15) is 4.79 Å². The molecule has 1 atom stereocenters. The number of rotatable bonds is 10. The number of carbonyl (C=O) groups is 1. The molecule has 0 saturated carbocycles. The minimum Gasteiger partial charge on any atom is -0.497 e. The van der Waals surface area contributed by atoms with Gasteiger partial charge in [0.15, 0.2) is 11.5 Å². The highest BCUT2D eigenvalue weighted by atomic mass is 32.1. The zero-order chi connectivity index (χ0) is 22.2. The van der Waals surface area contributed by atoms with Gasteiger partial charge in [-0.2, -0.15) is 0 Å². The van der Waals surface area contributed by atoms with Gasteiger partial charge in [-0.05, 0) is 49.7 Å². The van der Waals surface area contributed by atoms with E-state index in [-0.39, 0.29) is 11.9 Å². The van der Waals surface area contributed by atoms with Gasteiger partial charge in [0, 0.05) is 17.0 Å². The molecule has 0 spiro atoms. The Morgan fingerprint density at radius 2 is 1.77 bits per heavy atom. The monoisotopic (exact) mass is 440 g/mol. The summed E-state index contributed by atoms with van der Waals surface area (Å²) in [6, 6.07) is 14.8. The highest BCUT2D eigenvalue weighted by Gasteiger charge is 2.22. The second-order valence-electron chi connectivity index (χ2n) is 7.09. The lowest BCUT2D eigenvalue weighted by Gasteiger charge is -2.28. The zero-order valence-corrected chi connectivity index (χ0v) is 19.1. The molecule has 0 aliphatic carbocycles. The molecule has 6 nitrogen and oxygen atoms in total. The first-order chi connectivity index (χ1) is 15.0. The third-order valence-electron chi connectivity index (χ3n) is 5.07. The van der Waals surface area contributed by atoms with Crippen LogP contribution in [0.1, 0.15) is 41.3 Å². The Morgan fingerprint density at radius 1 is 1.06 bits per heavy atom. The second kappa shape index (κ2) is 10.8. The van der Waals surface area contributed by atoms with E-state index in [1.807, 2.05) is 34.5 Å². The molecule has 0 fully saturated rings. The fraction of sp³-hybridized carbons (Fsp3) is 0.333. The van der Waals surface area contributed by atoms with Gasteiger partial charge in [0.25, 0.3) is 5.91 Å². The predicted molar refractivity (Wildman–Crippen MR) is 122 cm³/mol. The molecule has 7 heteroatoms. The average Bonchev–Trinajstić information content (AvgIpc) is 3.28. The standard InChI is InChI=1S/C24H28N2O4S/c1-5-17(2)26(24(27)18-10-12-20(28-3)13-11-18)14-19-16-31-23(25-19)15-30-22-9-7-6-8-21(22)29-4/h6-13,16-17H,5,14-15H2,1-4H3/t17-/m1/s1. The van der Waals surface area contributed by atoms with Crippen molar-refractivity contribution in [3.05, 3.63) is 70.2 Å². The molecule has 1 aromatic heterocycles. The van der Waals surface area contributed by atoms with Crippen molar-refractivity contribution in [1.82, 2.24) is 9.88 Å². The lowest BCUT2D eigenvalue weighted by molar-refractivity contribution is 0.0669. The molecule has 0 radical (unpaired) electrons. The largest absolute Gasteiger partial charge is 0.497 e. The van der Waals surface area contributed by atoms with E-state index in [4.69, 9.17) is 14.2 Å². The van der Waals surface area contributed by atoms with Gasteiger partial charge in [0.05, 0.1) is 26.5 Å². The summed E-state index contributed by atoms with van der Waals surface area (Å²) in [7, 11) is 3.23. The number of para-hydroxylation sites is 2. The van der Waals surface area contributed by atoms with Crippen LogP contribution in [0.2, 0.25) is 0 Å². The normalized spacial score (nSPS) is 11.6. The van der Waals surface area contributed by atoms with Crippen LogP contribution in [-0.4, -0.2) is 36.1 Å². The smallest absolute Gasteiger partial charge is 0.254 e. The first-order valence-electron chi connectivity index (χ1n) is 10.2. The van der Waals surface area contributed by atoms with Gasteiger partial charge in [-0.25, -0.2) is 4.98 Å². The van der Waals surface area contributed by atoms with Gasteiger partial charge in [-0.3, -0.25) is 4.79 Å². The van der Waals surface area contributed by atoms with Crippen LogP contribution in [0.5, 0.6) is 17.2 Å². The van der Waals surface area contributed by atoms with Crippen LogP contribution in [-0.2, 0) is 13.2 Å². The molecular weight excluding hydrogens is 412 g/mol. The lowest BCUT2D eigenvalue weighted by atomic mass is 10.1. The van der Waals surface area contributed by atoms with E-state index in [0.717, 1.165) is 22.9 Å². The van der Waals surface area contributed by atoms with E-state index in [2.05, 4.69) is 18.8 Å². The van der Waals surface area contributed by atoms with E-state index in [1.165, 1.54) is 11.3 Å². The third-order valence-corrected chi connectivity index (χ3v) is 5.94. The molecule has 0 saturated heterocycles. The van der Waals surface area contributed by atoms with Crippen molar-refractivity contribution < 1.29 is 19.0 Å². The van der Waals surface area contributed by atoms with Gasteiger partial charge in [0.1, 0.15) is 17.4 Å². The molecule has 1 amide bonds. The van der Waals surface area contributed by atoms with Gasteiger partial charge in [-0.1, -0.05) is 19.1 Å². The molecule has 0 aliphatic heterocycles. The van der Waals surface area contributed by atoms with Crippen molar-refractivity contribution in [2.75, 3.05) is 14.2 Å². The topological polar surface area (TPSA) is 60.9 Å². The summed E-state index contributed by atoms with van der Waals surface area (Å²) in [5, 5.41) is 2.83. The Bertz CT molecular complexity index is 987. The molecule has 0 unspecified atom stereocenters. The van der Waals surface area contributed by atoms with Gasteiger partial charge >= 0.3 is 0 Å². The van der Waals surface area contributed by atoms with Crippen molar-refractivity contribution >= 4 is 17.2 Å². The maximum absolute atomic E-state index is 13.2. The molecule has 0 aliphatic rings. The number of ether oxygens (including phenoxy) is 3. The van der Waals surface area contributed by atoms with E-state index in [0.29, 0.717) is 30.2 Å². The summed E-state index contributed by atoms with van der Waals surface area (Å²) < 4.78 is 16.4. The van der Waals surface area contributed by atoms with Crippen LogP contribution < -0.4 is 14.2 Å². The number of aromatic nitrogens is 1. The maximum Gasteiger partial charge on any atom is 0.254 e. The summed E-state index contributed by atoms with van der Waals surface area (Å²) >= 11 is 1.52. The first-order valence-corrected chi connectivity index (χ1v) is 11.1. The van der Waals surface area contributed by atoms with Gasteiger partial charge < -0.3 is 19.1 Å². The van der Waals surface area contributed by atoms with Crippen molar-refractivity contribution in [2.45, 2.75) is 39.5 Å². The first kappa shape index (κ1) is 22.6. The fourth-order valence-electron chi connectivity index (χ4n) is 3.09. The number of thiazole rings is 1. The lowest BCUT2D eigenvalue weighted by Crippen LogP contribution is -2.37. The fourth-order valence-corrected chi connectivity index (χ4v) is 3.78. The Morgan fingerprint density at radius 3 is 2.42 bits per heavy atom. The number of hydrogen-bond donors (Lipinski definition) is 0. The minimum absolute atomic E-state index is 0.0168. The van der Waals surface area contributed by atoms with Crippen LogP contribution in [0.4, 0.5) is 0 Å². The maximum atomic E-state index is 13.2. The number of amides is 1. The SMILES string of the molecule is CC[C@@H](C)N(Cc1csc(COc2ccccc2OC)n1)C(=O)c1ccc(OC)cc1. The van der Waals surface area contributed by atoms with Crippen molar-refractivity contribution in [2.24, 2.45) is 0 Å². The summed E-state index contributed by atoms with van der Waals surface area (Å²) in [5.74, 6) is 2.08. The second-order valence-corrected chi connectivity index (χ2v) is 8.03. The number of benzene rings is 2. The molecule has 0 bridgehead atoms. The highest BCUT2D eigenvalue weighted by Crippen LogP contribution is 2.27. The molecule has 3 aromatic rings. The van der Waals surface area contributed by atoms with Crippen LogP contribution in [0.15, 0.2) is 53.9 Å². The third kappa shape index (κ3) is 5.76.